The lowest BCUT2D eigenvalue weighted by atomic mass is 10.2. The van der Waals surface area contributed by atoms with Gasteiger partial charge >= 0.3 is 0 Å². The Balaban J connectivity index is 1.74. The maximum Gasteiger partial charge on any atom is 0.0722 e. The van der Waals surface area contributed by atoms with E-state index in [0.717, 1.165) is 17.3 Å². The SMILES string of the molecule is c1ccc2c(NCC3CSCCS3)ccnc2c1. The maximum atomic E-state index is 4.39. The lowest BCUT2D eigenvalue weighted by Gasteiger charge is -2.22. The average Bonchev–Trinajstić information content (AvgIpc) is 2.46. The van der Waals surface area contributed by atoms with E-state index < -0.39 is 0 Å². The fraction of sp³-hybridized carbons (Fsp3) is 0.357. The third-order valence-electron chi connectivity index (χ3n) is 3.05. The number of hydrogen-bond acceptors (Lipinski definition) is 4. The van der Waals surface area contributed by atoms with Crippen LogP contribution in [-0.2, 0) is 0 Å². The van der Waals surface area contributed by atoms with Crippen LogP contribution in [0.3, 0.4) is 0 Å². The number of fused-ring (bicyclic) bond motifs is 1. The monoisotopic (exact) mass is 276 g/mol. The van der Waals surface area contributed by atoms with Crippen molar-refractivity contribution in [1.29, 1.82) is 0 Å². The van der Waals surface area contributed by atoms with Crippen LogP contribution < -0.4 is 5.32 Å². The lowest BCUT2D eigenvalue weighted by molar-refractivity contribution is 1.01. The van der Waals surface area contributed by atoms with Gasteiger partial charge in [0, 0.05) is 46.3 Å². The van der Waals surface area contributed by atoms with E-state index in [9.17, 15) is 0 Å². The Bertz CT molecular complexity index is 519. The topological polar surface area (TPSA) is 24.9 Å². The van der Waals surface area contributed by atoms with Crippen molar-refractivity contribution in [1.82, 2.24) is 4.98 Å². The minimum absolute atomic E-state index is 0.732. The number of nitrogens with one attached hydrogen (secondary N) is 1. The number of anilines is 1. The van der Waals surface area contributed by atoms with Crippen molar-refractivity contribution in [3.63, 3.8) is 0 Å². The van der Waals surface area contributed by atoms with Crippen LogP contribution in [-0.4, -0.2) is 34.0 Å². The zero-order valence-electron chi connectivity index (χ0n) is 10.1. The van der Waals surface area contributed by atoms with Crippen LogP contribution in [0.4, 0.5) is 5.69 Å². The Morgan fingerprint density at radius 3 is 3.06 bits per heavy atom. The lowest BCUT2D eigenvalue weighted by Crippen LogP contribution is -2.23. The summed E-state index contributed by atoms with van der Waals surface area (Å²) in [7, 11) is 0. The summed E-state index contributed by atoms with van der Waals surface area (Å²) in [5.41, 5.74) is 2.27. The van der Waals surface area contributed by atoms with Crippen LogP contribution in [0, 0.1) is 0 Å². The van der Waals surface area contributed by atoms with Crippen molar-refractivity contribution in [2.45, 2.75) is 5.25 Å². The van der Waals surface area contributed by atoms with Crippen LogP contribution in [0.5, 0.6) is 0 Å². The molecule has 1 N–H and O–H groups in total. The molecule has 0 spiro atoms. The molecular weight excluding hydrogens is 260 g/mol. The first-order chi connectivity index (χ1) is 8.93. The van der Waals surface area contributed by atoms with E-state index in [4.69, 9.17) is 0 Å². The summed E-state index contributed by atoms with van der Waals surface area (Å²) in [6, 6.07) is 10.4. The van der Waals surface area contributed by atoms with Gasteiger partial charge in [0.2, 0.25) is 0 Å². The summed E-state index contributed by atoms with van der Waals surface area (Å²) in [5.74, 6) is 3.86. The number of aromatic nitrogens is 1. The molecule has 1 unspecified atom stereocenters. The standard InChI is InChI=1S/C14H16N2S2/c1-2-4-13-12(3-1)14(5-6-15-13)16-9-11-10-17-7-8-18-11/h1-6,11H,7-10H2,(H,15,16). The zero-order valence-corrected chi connectivity index (χ0v) is 11.8. The van der Waals surface area contributed by atoms with Gasteiger partial charge in [-0.05, 0) is 12.1 Å². The molecule has 3 rings (SSSR count). The molecule has 1 aromatic heterocycles. The highest BCUT2D eigenvalue weighted by Gasteiger charge is 2.14. The summed E-state index contributed by atoms with van der Waals surface area (Å²) in [6.45, 7) is 1.05. The third-order valence-corrected chi connectivity index (χ3v) is 5.90. The van der Waals surface area contributed by atoms with E-state index >= 15 is 0 Å². The molecule has 0 bridgehead atoms. The van der Waals surface area contributed by atoms with Gasteiger partial charge in [0.05, 0.1) is 5.52 Å². The molecule has 1 fully saturated rings. The van der Waals surface area contributed by atoms with Crippen molar-refractivity contribution < 1.29 is 0 Å². The molecule has 94 valence electrons. The van der Waals surface area contributed by atoms with Gasteiger partial charge in [-0.3, -0.25) is 4.98 Å². The second-order valence-electron chi connectivity index (χ2n) is 4.32. The zero-order chi connectivity index (χ0) is 12.2. The Kier molecular flexibility index (Phi) is 3.96. The quantitative estimate of drug-likeness (QED) is 0.927. The van der Waals surface area contributed by atoms with Crippen molar-refractivity contribution in [3.8, 4) is 0 Å². The Hall–Kier alpha value is -0.870. The summed E-state index contributed by atoms with van der Waals surface area (Å²) in [5, 5.41) is 5.53. The number of pyridine rings is 1. The highest BCUT2D eigenvalue weighted by molar-refractivity contribution is 8.06. The van der Waals surface area contributed by atoms with Crippen LogP contribution in [0.15, 0.2) is 36.5 Å². The number of hydrogen-bond donors (Lipinski definition) is 1. The molecule has 4 heteroatoms. The Morgan fingerprint density at radius 2 is 2.17 bits per heavy atom. The van der Waals surface area contributed by atoms with Gasteiger partial charge in [-0.1, -0.05) is 18.2 Å². The first-order valence-electron chi connectivity index (χ1n) is 6.20. The van der Waals surface area contributed by atoms with Crippen LogP contribution in [0.2, 0.25) is 0 Å². The van der Waals surface area contributed by atoms with Gasteiger partial charge in [-0.25, -0.2) is 0 Å². The number of benzene rings is 1. The second-order valence-corrected chi connectivity index (χ2v) is 6.88. The first kappa shape index (κ1) is 12.2. The van der Waals surface area contributed by atoms with E-state index in [2.05, 4.69) is 58.1 Å². The van der Waals surface area contributed by atoms with Gasteiger partial charge in [-0.2, -0.15) is 23.5 Å². The highest BCUT2D eigenvalue weighted by atomic mass is 32.2. The fourth-order valence-corrected chi connectivity index (χ4v) is 4.74. The van der Waals surface area contributed by atoms with Crippen molar-refractivity contribution in [2.24, 2.45) is 0 Å². The summed E-state index contributed by atoms with van der Waals surface area (Å²) in [4.78, 5) is 4.39. The van der Waals surface area contributed by atoms with Gasteiger partial charge in [0.15, 0.2) is 0 Å². The minimum atomic E-state index is 0.732. The van der Waals surface area contributed by atoms with Gasteiger partial charge < -0.3 is 5.32 Å². The predicted octanol–water partition coefficient (Wildman–Crippen LogP) is 3.50. The normalized spacial score (nSPS) is 19.9. The minimum Gasteiger partial charge on any atom is -0.383 e. The van der Waals surface area contributed by atoms with Crippen LogP contribution in [0.1, 0.15) is 0 Å². The molecular formula is C14H16N2S2. The molecule has 1 aliphatic rings. The predicted molar refractivity (Wildman–Crippen MR) is 83.8 cm³/mol. The Morgan fingerprint density at radius 1 is 1.22 bits per heavy atom. The number of rotatable bonds is 3. The molecule has 1 atom stereocenters. The van der Waals surface area contributed by atoms with Crippen LogP contribution >= 0.6 is 23.5 Å². The third kappa shape index (κ3) is 2.75. The largest absolute Gasteiger partial charge is 0.383 e. The van der Waals surface area contributed by atoms with Gasteiger partial charge in [-0.15, -0.1) is 0 Å². The second kappa shape index (κ2) is 5.85. The summed E-state index contributed by atoms with van der Waals surface area (Å²) < 4.78 is 0. The van der Waals surface area contributed by atoms with E-state index in [-0.39, 0.29) is 0 Å². The summed E-state index contributed by atoms with van der Waals surface area (Å²) in [6.07, 6.45) is 1.88. The molecule has 2 nitrogen and oxygen atoms in total. The van der Waals surface area contributed by atoms with E-state index in [0.29, 0.717) is 0 Å². The maximum absolute atomic E-state index is 4.39. The molecule has 2 aromatic rings. The van der Waals surface area contributed by atoms with E-state index in [1.165, 1.54) is 28.3 Å². The van der Waals surface area contributed by atoms with Crippen molar-refractivity contribution in [2.75, 3.05) is 29.1 Å². The summed E-state index contributed by atoms with van der Waals surface area (Å²) >= 11 is 4.16. The van der Waals surface area contributed by atoms with Crippen molar-refractivity contribution in [3.05, 3.63) is 36.5 Å². The smallest absolute Gasteiger partial charge is 0.0722 e. The van der Waals surface area contributed by atoms with Gasteiger partial charge in [0.1, 0.15) is 0 Å². The molecule has 18 heavy (non-hydrogen) atoms. The molecule has 1 aliphatic heterocycles. The molecule has 1 saturated heterocycles. The molecule has 0 amide bonds. The number of nitrogens with zero attached hydrogens (tertiary/aromatic N) is 1. The molecule has 1 aromatic carbocycles. The highest BCUT2D eigenvalue weighted by Crippen LogP contribution is 2.26. The van der Waals surface area contributed by atoms with E-state index in [1.807, 2.05) is 12.3 Å². The average molecular weight is 276 g/mol. The van der Waals surface area contributed by atoms with E-state index in [1.54, 1.807) is 0 Å². The molecule has 0 saturated carbocycles. The number of para-hydroxylation sites is 1. The molecule has 2 heterocycles. The Labute approximate surface area is 116 Å². The van der Waals surface area contributed by atoms with Crippen molar-refractivity contribution >= 4 is 40.1 Å². The van der Waals surface area contributed by atoms with Gasteiger partial charge in [0.25, 0.3) is 0 Å². The number of thioether (sulfide) groups is 2. The fourth-order valence-electron chi connectivity index (χ4n) is 2.13. The van der Waals surface area contributed by atoms with Crippen LogP contribution in [0.25, 0.3) is 10.9 Å². The molecule has 0 aliphatic carbocycles. The molecule has 0 radical (unpaired) electrons. The first-order valence-corrected chi connectivity index (χ1v) is 8.41.